The van der Waals surface area contributed by atoms with Crippen LogP contribution in [0.4, 0.5) is 5.69 Å². The predicted molar refractivity (Wildman–Crippen MR) is 64.4 cm³/mol. The summed E-state index contributed by atoms with van der Waals surface area (Å²) in [5, 5.41) is 12.0. The second-order valence-electron chi connectivity index (χ2n) is 2.86. The molecule has 0 amide bonds. The van der Waals surface area contributed by atoms with Gasteiger partial charge in [-0.15, -0.1) is 0 Å². The van der Waals surface area contributed by atoms with Gasteiger partial charge >= 0.3 is 5.97 Å². The molecule has 80 valence electrons. The molecule has 2 N–H and O–H groups in total. The molecule has 0 aliphatic carbocycles. The summed E-state index contributed by atoms with van der Waals surface area (Å²) in [6.07, 6.45) is 0. The van der Waals surface area contributed by atoms with Gasteiger partial charge in [-0.2, -0.15) is 0 Å². The monoisotopic (exact) mass is 289 g/mol. The third kappa shape index (κ3) is 3.25. The maximum atomic E-state index is 10.5. The Morgan fingerprint density at radius 1 is 1.60 bits per heavy atom. The van der Waals surface area contributed by atoms with E-state index < -0.39 is 5.97 Å². The normalized spacial score (nSPS) is 9.73. The Balaban J connectivity index is 2.70. The van der Waals surface area contributed by atoms with E-state index in [-0.39, 0.29) is 12.1 Å². The van der Waals surface area contributed by atoms with Gasteiger partial charge in [0.2, 0.25) is 0 Å². The SMILES string of the molecule is C=C(CNc1cccc(Br)c1Cl)C(=O)O. The Kier molecular flexibility index (Phi) is 4.17. The molecule has 3 nitrogen and oxygen atoms in total. The third-order valence-electron chi connectivity index (χ3n) is 1.75. The van der Waals surface area contributed by atoms with Gasteiger partial charge in [-0.3, -0.25) is 0 Å². The maximum Gasteiger partial charge on any atom is 0.332 e. The molecule has 0 spiro atoms. The molecule has 1 aromatic rings. The van der Waals surface area contributed by atoms with Crippen molar-refractivity contribution in [2.45, 2.75) is 0 Å². The summed E-state index contributed by atoms with van der Waals surface area (Å²) < 4.78 is 0.759. The zero-order chi connectivity index (χ0) is 11.4. The quantitative estimate of drug-likeness (QED) is 0.838. The summed E-state index contributed by atoms with van der Waals surface area (Å²) in [6.45, 7) is 3.56. The Bertz CT molecular complexity index is 406. The highest BCUT2D eigenvalue weighted by Gasteiger charge is 2.06. The van der Waals surface area contributed by atoms with E-state index in [4.69, 9.17) is 16.7 Å². The fourth-order valence-corrected chi connectivity index (χ4v) is 1.48. The van der Waals surface area contributed by atoms with E-state index in [2.05, 4.69) is 27.8 Å². The van der Waals surface area contributed by atoms with Crippen molar-refractivity contribution in [2.75, 3.05) is 11.9 Å². The van der Waals surface area contributed by atoms with Gasteiger partial charge in [0.05, 0.1) is 10.7 Å². The van der Waals surface area contributed by atoms with Gasteiger partial charge in [-0.05, 0) is 28.1 Å². The number of rotatable bonds is 4. The number of anilines is 1. The molecule has 0 unspecified atom stereocenters. The van der Waals surface area contributed by atoms with Gasteiger partial charge < -0.3 is 10.4 Å². The summed E-state index contributed by atoms with van der Waals surface area (Å²) in [7, 11) is 0. The van der Waals surface area contributed by atoms with E-state index in [0.29, 0.717) is 10.7 Å². The number of carboxylic acid groups (broad SMARTS) is 1. The van der Waals surface area contributed by atoms with Gasteiger partial charge in [0, 0.05) is 16.6 Å². The fourth-order valence-electron chi connectivity index (χ4n) is 0.918. The van der Waals surface area contributed by atoms with Crippen LogP contribution in [0, 0.1) is 0 Å². The smallest absolute Gasteiger partial charge is 0.332 e. The number of nitrogens with one attached hydrogen (secondary N) is 1. The number of hydrogen-bond acceptors (Lipinski definition) is 2. The molecule has 0 aliphatic heterocycles. The number of carbonyl (C=O) groups is 1. The first-order chi connectivity index (χ1) is 7.02. The lowest BCUT2D eigenvalue weighted by molar-refractivity contribution is -0.132. The van der Waals surface area contributed by atoms with Crippen molar-refractivity contribution in [3.63, 3.8) is 0 Å². The summed E-state index contributed by atoms with van der Waals surface area (Å²) in [6, 6.07) is 5.38. The molecule has 5 heteroatoms. The van der Waals surface area contributed by atoms with Crippen molar-refractivity contribution in [3.8, 4) is 0 Å². The van der Waals surface area contributed by atoms with Crippen molar-refractivity contribution in [1.82, 2.24) is 0 Å². The van der Waals surface area contributed by atoms with Crippen LogP contribution in [-0.4, -0.2) is 17.6 Å². The number of hydrogen-bond donors (Lipinski definition) is 2. The van der Waals surface area contributed by atoms with Crippen molar-refractivity contribution >= 4 is 39.2 Å². The van der Waals surface area contributed by atoms with Gasteiger partial charge in [-0.1, -0.05) is 24.2 Å². The van der Waals surface area contributed by atoms with Crippen molar-refractivity contribution < 1.29 is 9.90 Å². The van der Waals surface area contributed by atoms with E-state index in [1.807, 2.05) is 6.07 Å². The third-order valence-corrected chi connectivity index (χ3v) is 3.04. The lowest BCUT2D eigenvalue weighted by Crippen LogP contribution is -2.11. The number of aliphatic carboxylic acids is 1. The summed E-state index contributed by atoms with van der Waals surface area (Å²) in [5.41, 5.74) is 0.763. The van der Waals surface area contributed by atoms with Crippen LogP contribution in [0.25, 0.3) is 0 Å². The summed E-state index contributed by atoms with van der Waals surface area (Å²) in [5.74, 6) is -1.02. The number of halogens is 2. The minimum Gasteiger partial charge on any atom is -0.478 e. The van der Waals surface area contributed by atoms with E-state index in [9.17, 15) is 4.79 Å². The van der Waals surface area contributed by atoms with Gasteiger partial charge in [-0.25, -0.2) is 4.79 Å². The molecule has 0 atom stereocenters. The molecule has 0 fully saturated rings. The minimum absolute atomic E-state index is 0.0889. The Hall–Kier alpha value is -1.00. The fraction of sp³-hybridized carbons (Fsp3) is 0.100. The first kappa shape index (κ1) is 12.1. The Morgan fingerprint density at radius 3 is 2.87 bits per heavy atom. The summed E-state index contributed by atoms with van der Waals surface area (Å²) in [4.78, 5) is 10.5. The van der Waals surface area contributed by atoms with Crippen molar-refractivity contribution in [2.24, 2.45) is 0 Å². The average Bonchev–Trinajstić information content (AvgIpc) is 2.19. The minimum atomic E-state index is -1.02. The van der Waals surface area contributed by atoms with Crippen LogP contribution in [0.5, 0.6) is 0 Å². The highest BCUT2D eigenvalue weighted by molar-refractivity contribution is 9.10. The van der Waals surface area contributed by atoms with Gasteiger partial charge in [0.25, 0.3) is 0 Å². The lowest BCUT2D eigenvalue weighted by Gasteiger charge is -2.08. The molecule has 0 saturated carbocycles. The molecular weight excluding hydrogens is 281 g/mol. The Labute approximate surface area is 101 Å². The van der Waals surface area contributed by atoms with Crippen LogP contribution in [0.1, 0.15) is 0 Å². The van der Waals surface area contributed by atoms with E-state index >= 15 is 0 Å². The highest BCUT2D eigenvalue weighted by atomic mass is 79.9. The lowest BCUT2D eigenvalue weighted by atomic mass is 10.2. The average molecular weight is 291 g/mol. The Morgan fingerprint density at radius 2 is 2.27 bits per heavy atom. The molecular formula is C10H9BrClNO2. The highest BCUT2D eigenvalue weighted by Crippen LogP contribution is 2.29. The molecule has 0 aromatic heterocycles. The molecule has 15 heavy (non-hydrogen) atoms. The van der Waals surface area contributed by atoms with Crippen LogP contribution in [0.3, 0.4) is 0 Å². The first-order valence-electron chi connectivity index (χ1n) is 4.11. The maximum absolute atomic E-state index is 10.5. The van der Waals surface area contributed by atoms with E-state index in [0.717, 1.165) is 4.47 Å². The molecule has 1 rings (SSSR count). The van der Waals surface area contributed by atoms with Crippen LogP contribution in [0.2, 0.25) is 5.02 Å². The van der Waals surface area contributed by atoms with Gasteiger partial charge in [0.15, 0.2) is 0 Å². The van der Waals surface area contributed by atoms with Gasteiger partial charge in [0.1, 0.15) is 0 Å². The molecule has 0 radical (unpaired) electrons. The molecule has 0 heterocycles. The van der Waals surface area contributed by atoms with Crippen LogP contribution < -0.4 is 5.32 Å². The second kappa shape index (κ2) is 5.19. The van der Waals surface area contributed by atoms with Crippen LogP contribution in [0.15, 0.2) is 34.8 Å². The molecule has 0 saturated heterocycles. The topological polar surface area (TPSA) is 49.3 Å². The van der Waals surface area contributed by atoms with E-state index in [1.165, 1.54) is 0 Å². The van der Waals surface area contributed by atoms with Crippen LogP contribution in [-0.2, 0) is 4.79 Å². The first-order valence-corrected chi connectivity index (χ1v) is 5.28. The largest absolute Gasteiger partial charge is 0.478 e. The molecule has 0 bridgehead atoms. The second-order valence-corrected chi connectivity index (χ2v) is 4.10. The summed E-state index contributed by atoms with van der Waals surface area (Å²) >= 11 is 9.24. The number of carboxylic acids is 1. The van der Waals surface area contributed by atoms with E-state index in [1.54, 1.807) is 12.1 Å². The van der Waals surface area contributed by atoms with Crippen molar-refractivity contribution in [3.05, 3.63) is 39.8 Å². The molecule has 1 aromatic carbocycles. The molecule has 0 aliphatic rings. The standard InChI is InChI=1S/C10H9BrClNO2/c1-6(10(14)15)5-13-8-4-2-3-7(11)9(8)12/h2-4,13H,1,5H2,(H,14,15). The zero-order valence-corrected chi connectivity index (χ0v) is 10.1. The zero-order valence-electron chi connectivity index (χ0n) is 7.76. The predicted octanol–water partition coefficient (Wildman–Crippen LogP) is 3.16. The number of benzene rings is 1. The van der Waals surface area contributed by atoms with Crippen molar-refractivity contribution in [1.29, 1.82) is 0 Å². The van der Waals surface area contributed by atoms with Crippen LogP contribution >= 0.6 is 27.5 Å².